The molecule has 0 bridgehead atoms. The van der Waals surface area contributed by atoms with E-state index >= 15 is 0 Å². The molecule has 1 amide bonds. The van der Waals surface area contributed by atoms with Crippen molar-refractivity contribution >= 4 is 5.91 Å². The third-order valence-corrected chi connectivity index (χ3v) is 2.33. The quantitative estimate of drug-likeness (QED) is 0.809. The van der Waals surface area contributed by atoms with Crippen molar-refractivity contribution in [3.8, 4) is 0 Å². The van der Waals surface area contributed by atoms with Gasteiger partial charge in [0.15, 0.2) is 0 Å². The molecular weight excluding hydrogens is 218 g/mol. The van der Waals surface area contributed by atoms with E-state index in [0.29, 0.717) is 13.1 Å². The van der Waals surface area contributed by atoms with Gasteiger partial charge in [-0.15, -0.1) is 0 Å². The first-order valence-corrected chi connectivity index (χ1v) is 5.34. The van der Waals surface area contributed by atoms with Gasteiger partial charge in [0.2, 0.25) is 5.56 Å². The van der Waals surface area contributed by atoms with Crippen LogP contribution in [0.2, 0.25) is 0 Å². The summed E-state index contributed by atoms with van der Waals surface area (Å²) in [6.07, 6.45) is 3.85. The molecule has 0 fully saturated rings. The molecule has 0 radical (unpaired) electrons. The number of amides is 1. The van der Waals surface area contributed by atoms with Gasteiger partial charge in [-0.1, -0.05) is 6.07 Å². The summed E-state index contributed by atoms with van der Waals surface area (Å²) in [5, 5.41) is 2.73. The second-order valence-corrected chi connectivity index (χ2v) is 3.61. The minimum atomic E-state index is -0.275. The number of pyridine rings is 1. The van der Waals surface area contributed by atoms with E-state index in [2.05, 4.69) is 10.3 Å². The zero-order chi connectivity index (χ0) is 12.1. The Hall–Kier alpha value is -2.30. The standard InChI is InChI=1S/C12H13N3O2/c16-11-5-3-4-10(14-11)12(17)13-6-9-15-7-1-2-8-15/h1-5,7-8H,6,9H2,(H,13,17)(H,14,16). The second-order valence-electron chi connectivity index (χ2n) is 3.61. The average Bonchev–Trinajstić information content (AvgIpc) is 2.82. The molecule has 2 N–H and O–H groups in total. The summed E-state index contributed by atoms with van der Waals surface area (Å²) in [6.45, 7) is 1.22. The monoisotopic (exact) mass is 231 g/mol. The highest BCUT2D eigenvalue weighted by atomic mass is 16.2. The van der Waals surface area contributed by atoms with Gasteiger partial charge in [-0.3, -0.25) is 9.59 Å². The van der Waals surface area contributed by atoms with Gasteiger partial charge in [0.05, 0.1) is 0 Å². The molecule has 88 valence electrons. The molecule has 0 spiro atoms. The van der Waals surface area contributed by atoms with Crippen molar-refractivity contribution in [1.82, 2.24) is 14.9 Å². The summed E-state index contributed by atoms with van der Waals surface area (Å²) < 4.78 is 1.97. The van der Waals surface area contributed by atoms with Gasteiger partial charge in [0, 0.05) is 31.5 Å². The highest BCUT2D eigenvalue weighted by Gasteiger charge is 2.04. The fraction of sp³-hybridized carbons (Fsp3) is 0.167. The minimum absolute atomic E-state index is 0.269. The van der Waals surface area contributed by atoms with E-state index in [1.54, 1.807) is 12.1 Å². The first kappa shape index (κ1) is 11.2. The van der Waals surface area contributed by atoms with E-state index in [9.17, 15) is 9.59 Å². The number of nitrogens with one attached hydrogen (secondary N) is 2. The van der Waals surface area contributed by atoms with Crippen LogP contribution >= 0.6 is 0 Å². The third-order valence-electron chi connectivity index (χ3n) is 2.33. The maximum absolute atomic E-state index is 11.6. The smallest absolute Gasteiger partial charge is 0.267 e. The van der Waals surface area contributed by atoms with E-state index in [-0.39, 0.29) is 17.2 Å². The van der Waals surface area contributed by atoms with Crippen LogP contribution in [-0.4, -0.2) is 22.0 Å². The molecule has 17 heavy (non-hydrogen) atoms. The number of carbonyl (C=O) groups is 1. The van der Waals surface area contributed by atoms with Crippen LogP contribution in [0.4, 0.5) is 0 Å². The predicted octanol–water partition coefficient (Wildman–Crippen LogP) is 0.606. The molecule has 0 aliphatic rings. The summed E-state index contributed by atoms with van der Waals surface area (Å²) >= 11 is 0. The molecule has 0 unspecified atom stereocenters. The molecular formula is C12H13N3O2. The van der Waals surface area contributed by atoms with Crippen LogP contribution in [0.25, 0.3) is 0 Å². The number of hydrogen-bond acceptors (Lipinski definition) is 2. The van der Waals surface area contributed by atoms with Gasteiger partial charge >= 0.3 is 0 Å². The van der Waals surface area contributed by atoms with Gasteiger partial charge in [-0.05, 0) is 18.2 Å². The van der Waals surface area contributed by atoms with Crippen molar-refractivity contribution in [2.45, 2.75) is 6.54 Å². The van der Waals surface area contributed by atoms with Crippen molar-refractivity contribution in [3.05, 3.63) is 58.8 Å². The Kier molecular flexibility index (Phi) is 3.40. The number of carbonyl (C=O) groups excluding carboxylic acids is 1. The van der Waals surface area contributed by atoms with Crippen LogP contribution in [0.1, 0.15) is 10.5 Å². The van der Waals surface area contributed by atoms with Gasteiger partial charge in [-0.2, -0.15) is 0 Å². The van der Waals surface area contributed by atoms with E-state index in [1.807, 2.05) is 29.1 Å². The van der Waals surface area contributed by atoms with Gasteiger partial charge in [0.25, 0.3) is 5.91 Å². The zero-order valence-corrected chi connectivity index (χ0v) is 9.22. The molecule has 5 heteroatoms. The summed E-state index contributed by atoms with van der Waals surface area (Å²) in [5.41, 5.74) is 0.00747. The lowest BCUT2D eigenvalue weighted by atomic mass is 10.3. The Bertz CT molecular complexity index is 543. The molecule has 2 rings (SSSR count). The highest BCUT2D eigenvalue weighted by Crippen LogP contribution is 1.91. The number of nitrogens with zero attached hydrogens (tertiary/aromatic N) is 1. The van der Waals surface area contributed by atoms with Gasteiger partial charge < -0.3 is 14.9 Å². The first-order valence-electron chi connectivity index (χ1n) is 5.34. The molecule has 0 saturated heterocycles. The van der Waals surface area contributed by atoms with Crippen molar-refractivity contribution in [3.63, 3.8) is 0 Å². The Morgan fingerprint density at radius 3 is 2.71 bits per heavy atom. The van der Waals surface area contributed by atoms with Crippen LogP contribution in [0, 0.1) is 0 Å². The molecule has 0 aliphatic heterocycles. The van der Waals surface area contributed by atoms with E-state index in [0.717, 1.165) is 0 Å². The zero-order valence-electron chi connectivity index (χ0n) is 9.22. The molecule has 2 aromatic heterocycles. The lowest BCUT2D eigenvalue weighted by Crippen LogP contribution is -2.28. The first-order chi connectivity index (χ1) is 8.25. The van der Waals surface area contributed by atoms with E-state index in [1.165, 1.54) is 6.07 Å². The molecule has 0 aromatic carbocycles. The van der Waals surface area contributed by atoms with Crippen LogP contribution < -0.4 is 10.9 Å². The maximum Gasteiger partial charge on any atom is 0.267 e. The maximum atomic E-state index is 11.6. The fourth-order valence-corrected chi connectivity index (χ4v) is 1.49. The lowest BCUT2D eigenvalue weighted by Gasteiger charge is -2.05. The van der Waals surface area contributed by atoms with Crippen molar-refractivity contribution in [1.29, 1.82) is 0 Å². The number of H-pyrrole nitrogens is 1. The Labute approximate surface area is 98.1 Å². The molecule has 0 saturated carbocycles. The summed E-state index contributed by atoms with van der Waals surface area (Å²) in [7, 11) is 0. The van der Waals surface area contributed by atoms with Crippen molar-refractivity contribution < 1.29 is 4.79 Å². The Morgan fingerprint density at radius 1 is 1.24 bits per heavy atom. The third kappa shape index (κ3) is 3.07. The van der Waals surface area contributed by atoms with Crippen molar-refractivity contribution in [2.75, 3.05) is 6.54 Å². The largest absolute Gasteiger partial charge is 0.353 e. The topological polar surface area (TPSA) is 66.9 Å². The number of hydrogen-bond donors (Lipinski definition) is 2. The second kappa shape index (κ2) is 5.16. The Balaban J connectivity index is 1.87. The molecule has 2 aromatic rings. The summed E-state index contributed by atoms with van der Waals surface area (Å²) in [4.78, 5) is 25.1. The van der Waals surface area contributed by atoms with Crippen molar-refractivity contribution in [2.24, 2.45) is 0 Å². The molecule has 0 atom stereocenters. The SMILES string of the molecule is O=C(NCCn1cccc1)c1cccc(=O)[nH]1. The summed E-state index contributed by atoms with van der Waals surface area (Å²) in [6, 6.07) is 8.36. The molecule has 5 nitrogen and oxygen atoms in total. The van der Waals surface area contributed by atoms with Crippen LogP contribution in [0.5, 0.6) is 0 Å². The number of rotatable bonds is 4. The summed E-state index contributed by atoms with van der Waals surface area (Å²) in [5.74, 6) is -0.269. The predicted molar refractivity (Wildman–Crippen MR) is 63.8 cm³/mol. The fourth-order valence-electron chi connectivity index (χ4n) is 1.49. The molecule has 0 aliphatic carbocycles. The highest BCUT2D eigenvalue weighted by molar-refractivity contribution is 5.92. The average molecular weight is 231 g/mol. The normalized spacial score (nSPS) is 10.1. The van der Waals surface area contributed by atoms with Crippen LogP contribution in [0.15, 0.2) is 47.5 Å². The minimum Gasteiger partial charge on any atom is -0.353 e. The van der Waals surface area contributed by atoms with Gasteiger partial charge in [0.1, 0.15) is 5.69 Å². The molecule has 2 heterocycles. The number of aromatic nitrogens is 2. The van der Waals surface area contributed by atoms with Crippen LogP contribution in [-0.2, 0) is 6.54 Å². The Morgan fingerprint density at radius 2 is 2.00 bits per heavy atom. The van der Waals surface area contributed by atoms with E-state index in [4.69, 9.17) is 0 Å². The van der Waals surface area contributed by atoms with Crippen LogP contribution in [0.3, 0.4) is 0 Å². The lowest BCUT2D eigenvalue weighted by molar-refractivity contribution is 0.0947. The number of aromatic amines is 1. The van der Waals surface area contributed by atoms with E-state index < -0.39 is 0 Å². The van der Waals surface area contributed by atoms with Gasteiger partial charge in [-0.25, -0.2) is 0 Å².